The van der Waals surface area contributed by atoms with Gasteiger partial charge in [-0.1, -0.05) is 55.0 Å². The summed E-state index contributed by atoms with van der Waals surface area (Å²) in [5.74, 6) is -0.637. The van der Waals surface area contributed by atoms with Gasteiger partial charge < -0.3 is 11.1 Å². The van der Waals surface area contributed by atoms with Gasteiger partial charge in [-0.15, -0.1) is 0 Å². The van der Waals surface area contributed by atoms with Gasteiger partial charge in [0.1, 0.15) is 0 Å². The second kappa shape index (κ2) is 8.93. The molecule has 1 amide bonds. The van der Waals surface area contributed by atoms with E-state index in [0.717, 1.165) is 11.1 Å². The molecule has 0 aliphatic rings. The van der Waals surface area contributed by atoms with Crippen molar-refractivity contribution in [3.63, 3.8) is 0 Å². The highest BCUT2D eigenvalue weighted by Gasteiger charge is 2.22. The van der Waals surface area contributed by atoms with Gasteiger partial charge in [-0.3, -0.25) is 4.79 Å². The molecular formula is C19H25N3O3S. The van der Waals surface area contributed by atoms with Crippen LogP contribution < -0.4 is 15.8 Å². The molecule has 0 saturated carbocycles. The van der Waals surface area contributed by atoms with Crippen molar-refractivity contribution in [2.75, 3.05) is 13.1 Å². The van der Waals surface area contributed by atoms with Crippen molar-refractivity contribution in [3.05, 3.63) is 65.7 Å². The van der Waals surface area contributed by atoms with Crippen LogP contribution in [0.4, 0.5) is 0 Å². The van der Waals surface area contributed by atoms with Crippen molar-refractivity contribution < 1.29 is 13.2 Å². The first-order valence-electron chi connectivity index (χ1n) is 8.46. The first-order chi connectivity index (χ1) is 12.3. The molecule has 0 bridgehead atoms. The number of rotatable bonds is 8. The van der Waals surface area contributed by atoms with Crippen molar-refractivity contribution >= 4 is 15.9 Å². The summed E-state index contributed by atoms with van der Waals surface area (Å²) < 4.78 is 26.8. The van der Waals surface area contributed by atoms with Crippen LogP contribution in [0.5, 0.6) is 0 Å². The largest absolute Gasteiger partial charge is 0.354 e. The van der Waals surface area contributed by atoms with Gasteiger partial charge in [0.2, 0.25) is 15.9 Å². The molecule has 0 spiro atoms. The first-order valence-corrected chi connectivity index (χ1v) is 9.94. The van der Waals surface area contributed by atoms with Gasteiger partial charge in [-0.2, -0.15) is 0 Å². The molecule has 2 aromatic carbocycles. The number of sulfonamides is 1. The van der Waals surface area contributed by atoms with Crippen LogP contribution in [0, 0.1) is 12.8 Å². The second-order valence-electron chi connectivity index (χ2n) is 6.23. The topological polar surface area (TPSA) is 101 Å². The second-order valence-corrected chi connectivity index (χ2v) is 7.99. The Bertz CT molecular complexity index is 821. The third-order valence-corrected chi connectivity index (χ3v) is 5.66. The average molecular weight is 375 g/mol. The van der Waals surface area contributed by atoms with E-state index in [4.69, 9.17) is 5.73 Å². The smallest absolute Gasteiger partial charge is 0.240 e. The number of carbonyl (C=O) groups excluding carboxylic acids is 1. The van der Waals surface area contributed by atoms with Gasteiger partial charge in [-0.05, 0) is 24.6 Å². The Morgan fingerprint density at radius 1 is 1.04 bits per heavy atom. The molecule has 0 fully saturated rings. The minimum absolute atomic E-state index is 0.106. The zero-order chi connectivity index (χ0) is 19.2. The Kier molecular flexibility index (Phi) is 6.90. The van der Waals surface area contributed by atoms with Gasteiger partial charge >= 0.3 is 0 Å². The highest BCUT2D eigenvalue weighted by molar-refractivity contribution is 7.89. The number of benzene rings is 2. The molecule has 7 heteroatoms. The molecule has 4 N–H and O–H groups in total. The lowest BCUT2D eigenvalue weighted by Crippen LogP contribution is -2.39. The molecule has 0 aromatic heterocycles. The predicted octanol–water partition coefficient (Wildman–Crippen LogP) is 1.73. The summed E-state index contributed by atoms with van der Waals surface area (Å²) in [4.78, 5) is 12.4. The fraction of sp³-hybridized carbons (Fsp3) is 0.316. The van der Waals surface area contributed by atoms with Crippen LogP contribution in [0.15, 0.2) is 59.5 Å². The Morgan fingerprint density at radius 2 is 1.65 bits per heavy atom. The van der Waals surface area contributed by atoms with Gasteiger partial charge in [0.15, 0.2) is 0 Å². The van der Waals surface area contributed by atoms with Crippen LogP contribution in [0.3, 0.4) is 0 Å². The van der Waals surface area contributed by atoms with Crippen LogP contribution >= 0.6 is 0 Å². The molecule has 2 unspecified atom stereocenters. The number of aryl methyl sites for hydroxylation is 1. The SMILES string of the molecule is Cc1ccc(S(=O)(=O)NCCNC(=O)C(C)C(N)c2ccccc2)cc1. The summed E-state index contributed by atoms with van der Waals surface area (Å²) in [5, 5.41) is 2.72. The van der Waals surface area contributed by atoms with Crippen LogP contribution in [-0.2, 0) is 14.8 Å². The number of amides is 1. The normalized spacial score (nSPS) is 13.8. The minimum atomic E-state index is -3.58. The molecular weight excluding hydrogens is 350 g/mol. The number of hydrogen-bond acceptors (Lipinski definition) is 4. The summed E-state index contributed by atoms with van der Waals surface area (Å²) in [7, 11) is -3.58. The lowest BCUT2D eigenvalue weighted by atomic mass is 9.95. The molecule has 0 aliphatic carbocycles. The minimum Gasteiger partial charge on any atom is -0.354 e. The van der Waals surface area contributed by atoms with Gasteiger partial charge in [0.05, 0.1) is 10.8 Å². The van der Waals surface area contributed by atoms with Crippen LogP contribution in [0.25, 0.3) is 0 Å². The van der Waals surface area contributed by atoms with E-state index < -0.39 is 22.0 Å². The summed E-state index contributed by atoms with van der Waals surface area (Å²) in [5.41, 5.74) is 8.00. The third kappa shape index (κ3) is 5.39. The molecule has 6 nitrogen and oxygen atoms in total. The quantitative estimate of drug-likeness (QED) is 0.612. The summed E-state index contributed by atoms with van der Waals surface area (Å²) in [6.07, 6.45) is 0. The molecule has 2 rings (SSSR count). The molecule has 2 atom stereocenters. The van der Waals surface area contributed by atoms with Crippen molar-refractivity contribution in [1.29, 1.82) is 0 Å². The molecule has 0 radical (unpaired) electrons. The van der Waals surface area contributed by atoms with E-state index in [1.807, 2.05) is 37.3 Å². The zero-order valence-electron chi connectivity index (χ0n) is 15.0. The van der Waals surface area contributed by atoms with Crippen molar-refractivity contribution in [2.45, 2.75) is 24.8 Å². The summed E-state index contributed by atoms with van der Waals surface area (Å²) >= 11 is 0. The lowest BCUT2D eigenvalue weighted by Gasteiger charge is -2.20. The number of carbonyl (C=O) groups is 1. The zero-order valence-corrected chi connectivity index (χ0v) is 15.8. The first kappa shape index (κ1) is 20.1. The molecule has 140 valence electrons. The predicted molar refractivity (Wildman–Crippen MR) is 102 cm³/mol. The summed E-state index contributed by atoms with van der Waals surface area (Å²) in [6, 6.07) is 15.6. The van der Waals surface area contributed by atoms with E-state index >= 15 is 0 Å². The van der Waals surface area contributed by atoms with E-state index in [9.17, 15) is 13.2 Å². The average Bonchev–Trinajstić information content (AvgIpc) is 2.65. The number of nitrogens with two attached hydrogens (primary N) is 1. The highest BCUT2D eigenvalue weighted by Crippen LogP contribution is 2.18. The number of hydrogen-bond donors (Lipinski definition) is 3. The fourth-order valence-electron chi connectivity index (χ4n) is 2.46. The third-order valence-electron chi connectivity index (χ3n) is 4.18. The maximum absolute atomic E-state index is 12.2. The van der Waals surface area contributed by atoms with Gasteiger partial charge in [0, 0.05) is 19.1 Å². The van der Waals surface area contributed by atoms with E-state index in [1.54, 1.807) is 31.2 Å². The Labute approximate surface area is 154 Å². The van der Waals surface area contributed by atoms with Crippen LogP contribution in [-0.4, -0.2) is 27.4 Å². The van der Waals surface area contributed by atoms with Gasteiger partial charge in [0.25, 0.3) is 0 Å². The summed E-state index contributed by atoms with van der Waals surface area (Å²) in [6.45, 7) is 3.94. The monoisotopic (exact) mass is 375 g/mol. The van der Waals surface area contributed by atoms with E-state index in [2.05, 4.69) is 10.0 Å². The Balaban J connectivity index is 1.81. The fourth-order valence-corrected chi connectivity index (χ4v) is 3.49. The van der Waals surface area contributed by atoms with E-state index in [1.165, 1.54) is 0 Å². The lowest BCUT2D eigenvalue weighted by molar-refractivity contribution is -0.125. The Morgan fingerprint density at radius 3 is 2.27 bits per heavy atom. The van der Waals surface area contributed by atoms with Crippen molar-refractivity contribution in [3.8, 4) is 0 Å². The molecule has 0 saturated heterocycles. The molecule has 26 heavy (non-hydrogen) atoms. The maximum atomic E-state index is 12.2. The van der Waals surface area contributed by atoms with Crippen LogP contribution in [0.1, 0.15) is 24.1 Å². The van der Waals surface area contributed by atoms with E-state index in [0.29, 0.717) is 0 Å². The highest BCUT2D eigenvalue weighted by atomic mass is 32.2. The standard InChI is InChI=1S/C19H25N3O3S/c1-14-8-10-17(11-9-14)26(24,25)22-13-12-21-19(23)15(2)18(20)16-6-4-3-5-7-16/h3-11,15,18,22H,12-13,20H2,1-2H3,(H,21,23). The molecule has 2 aromatic rings. The Hall–Kier alpha value is -2.22. The van der Waals surface area contributed by atoms with Gasteiger partial charge in [-0.25, -0.2) is 13.1 Å². The number of nitrogens with one attached hydrogen (secondary N) is 2. The molecule has 0 aliphatic heterocycles. The van der Waals surface area contributed by atoms with Crippen molar-refractivity contribution in [1.82, 2.24) is 10.0 Å². The van der Waals surface area contributed by atoms with Crippen molar-refractivity contribution in [2.24, 2.45) is 11.7 Å². The molecule has 0 heterocycles. The maximum Gasteiger partial charge on any atom is 0.240 e. The van der Waals surface area contributed by atoms with E-state index in [-0.39, 0.29) is 23.9 Å². The van der Waals surface area contributed by atoms with Crippen LogP contribution in [0.2, 0.25) is 0 Å².